The standard InChI is InChI=1S/C47H33N3.C29H21BrN2.C19H12/c1-47(2)38-26-30(44-34-16-6-8-20-40(34)48-46(49-44)29-12-4-3-5-13-29)22-24-32(38)33-25-23-31(27-39(33)47)50-41-21-9-7-17-35(41)43-36-18-10-14-28-15-11-19-37(42(28)36)45(43)50;1-29(2)24-16-19(12-14-21(24)22-15-13-20(30)17-25(22)29)27-23-10-6-7-11-26(23)31-28(32-27)18-8-4-3-5-9-18;1-2-8-14-13(5-1)11-17-15-9-3-6-12-7-4-10-16(18(12)15)19(14)17/h3-27,43,45H,1-2H3;3-17H,1-2H3;1-10H,11H2. The van der Waals surface area contributed by atoms with Crippen LogP contribution in [0, 0.1) is 0 Å². The van der Waals surface area contributed by atoms with Crippen LogP contribution in [0.1, 0.15) is 101 Å². The molecule has 14 aromatic carbocycles. The van der Waals surface area contributed by atoms with Gasteiger partial charge in [0, 0.05) is 65.6 Å². The summed E-state index contributed by atoms with van der Waals surface area (Å²) in [4.78, 5) is 22.7. The molecular formula is C95H66BrN5. The molecule has 5 aliphatic carbocycles. The molecule has 0 amide bonds. The van der Waals surface area contributed by atoms with Gasteiger partial charge >= 0.3 is 0 Å². The average Bonchev–Trinajstić information content (AvgIpc) is 1.55. The zero-order chi connectivity index (χ0) is 67.4. The summed E-state index contributed by atoms with van der Waals surface area (Å²) in [5, 5.41) is 7.71. The molecule has 0 saturated heterocycles. The molecule has 6 aliphatic rings. The Morgan fingerprint density at radius 3 is 1.47 bits per heavy atom. The zero-order valence-corrected chi connectivity index (χ0v) is 57.9. The van der Waals surface area contributed by atoms with Gasteiger partial charge < -0.3 is 4.90 Å². The van der Waals surface area contributed by atoms with Crippen LogP contribution in [0.15, 0.2) is 308 Å². The fourth-order valence-corrected chi connectivity index (χ4v) is 18.3. The van der Waals surface area contributed by atoms with E-state index in [9.17, 15) is 0 Å². The molecule has 101 heavy (non-hydrogen) atoms. The number of anilines is 2. The Kier molecular flexibility index (Phi) is 13.3. The number of para-hydroxylation sites is 3. The van der Waals surface area contributed by atoms with E-state index >= 15 is 0 Å². The Morgan fingerprint density at radius 2 is 0.832 bits per heavy atom. The Labute approximate surface area is 596 Å². The summed E-state index contributed by atoms with van der Waals surface area (Å²) in [6.45, 7) is 9.37. The highest BCUT2D eigenvalue weighted by atomic mass is 79.9. The predicted molar refractivity (Wildman–Crippen MR) is 421 cm³/mol. The van der Waals surface area contributed by atoms with Gasteiger partial charge in [0.2, 0.25) is 0 Å². The molecule has 0 spiro atoms. The molecule has 0 fully saturated rings. The minimum atomic E-state index is -0.195. The van der Waals surface area contributed by atoms with Gasteiger partial charge in [-0.05, 0) is 177 Å². The molecule has 0 N–H and O–H groups in total. The lowest BCUT2D eigenvalue weighted by molar-refractivity contribution is 0.657. The number of hydrogen-bond donors (Lipinski definition) is 0. The SMILES string of the molecule is CC1(C)c2cc(-c3nc(-c4ccccc4)nc4ccccc34)ccc2-c2ccc(N3c4ccccc4C4c5cccc6cccc(c56)C43)cc21.CC1(C)c2cc(Br)ccc2-c2ccc(-c3nc(-c4ccccc4)nc4ccccc34)cc21.c1ccc2c(c1)CC1=C2c2cccc3cccc1c23. The smallest absolute Gasteiger partial charge is 0.160 e. The Hall–Kier alpha value is -11.7. The lowest BCUT2D eigenvalue weighted by atomic mass is 9.81. The van der Waals surface area contributed by atoms with Crippen LogP contribution in [-0.4, -0.2) is 19.9 Å². The molecule has 0 radical (unpaired) electrons. The van der Waals surface area contributed by atoms with Crippen molar-refractivity contribution in [3.05, 3.63) is 369 Å². The van der Waals surface area contributed by atoms with Crippen molar-refractivity contribution in [1.29, 1.82) is 0 Å². The summed E-state index contributed by atoms with van der Waals surface area (Å²) < 4.78 is 1.12. The van der Waals surface area contributed by atoms with Crippen LogP contribution in [0.2, 0.25) is 0 Å². The molecule has 0 saturated carbocycles. The van der Waals surface area contributed by atoms with Gasteiger partial charge in [0.25, 0.3) is 0 Å². The minimum absolute atomic E-state index is 0.0739. The lowest BCUT2D eigenvalue weighted by Gasteiger charge is -2.30. The highest BCUT2D eigenvalue weighted by molar-refractivity contribution is 9.10. The van der Waals surface area contributed by atoms with Crippen molar-refractivity contribution in [1.82, 2.24) is 19.9 Å². The van der Waals surface area contributed by atoms with Crippen LogP contribution in [0.4, 0.5) is 11.4 Å². The summed E-state index contributed by atoms with van der Waals surface area (Å²) in [6.07, 6.45) is 1.08. The van der Waals surface area contributed by atoms with Gasteiger partial charge in [-0.3, -0.25) is 0 Å². The number of rotatable bonds is 5. The van der Waals surface area contributed by atoms with Crippen LogP contribution in [-0.2, 0) is 17.3 Å². The number of allylic oxidation sites excluding steroid dienone is 1. The van der Waals surface area contributed by atoms with Crippen molar-refractivity contribution >= 4 is 81.8 Å². The third-order valence-electron chi connectivity index (χ3n) is 22.6. The van der Waals surface area contributed by atoms with Gasteiger partial charge in [-0.1, -0.05) is 292 Å². The summed E-state index contributed by atoms with van der Waals surface area (Å²) in [7, 11) is 0. The van der Waals surface area contributed by atoms with Crippen LogP contribution >= 0.6 is 15.9 Å². The molecule has 3 heterocycles. The van der Waals surface area contributed by atoms with Crippen LogP contribution < -0.4 is 4.90 Å². The second-order valence-corrected chi connectivity index (χ2v) is 29.7. The first-order valence-electron chi connectivity index (χ1n) is 35.1. The fourth-order valence-electron chi connectivity index (χ4n) is 17.9. The number of halogens is 1. The highest BCUT2D eigenvalue weighted by Crippen LogP contribution is 2.62. The summed E-state index contributed by atoms with van der Waals surface area (Å²) in [5.41, 5.74) is 34.2. The van der Waals surface area contributed by atoms with E-state index < -0.39 is 0 Å². The third-order valence-corrected chi connectivity index (χ3v) is 23.1. The zero-order valence-electron chi connectivity index (χ0n) is 56.3. The largest absolute Gasteiger partial charge is 0.333 e. The highest BCUT2D eigenvalue weighted by Gasteiger charge is 2.47. The molecular weight excluding hydrogens is 1290 g/mol. The van der Waals surface area contributed by atoms with Crippen molar-refractivity contribution in [2.75, 3.05) is 4.90 Å². The van der Waals surface area contributed by atoms with Crippen LogP contribution in [0.25, 0.3) is 122 Å². The first kappa shape index (κ1) is 59.4. The maximum absolute atomic E-state index is 5.20. The second-order valence-electron chi connectivity index (χ2n) is 28.8. The number of fused-ring (bicyclic) bond motifs is 17. The maximum atomic E-state index is 5.20. The predicted octanol–water partition coefficient (Wildman–Crippen LogP) is 24.5. The molecule has 0 bridgehead atoms. The average molecular weight is 1360 g/mol. The summed E-state index contributed by atoms with van der Waals surface area (Å²) in [6, 6.07) is 110. The summed E-state index contributed by atoms with van der Waals surface area (Å²) in [5.74, 6) is 1.82. The second kappa shape index (κ2) is 22.7. The number of hydrogen-bond acceptors (Lipinski definition) is 5. The molecule has 2 atom stereocenters. The van der Waals surface area contributed by atoms with Crippen LogP contribution in [0.3, 0.4) is 0 Å². The maximum Gasteiger partial charge on any atom is 0.160 e. The molecule has 2 aromatic heterocycles. The topological polar surface area (TPSA) is 54.8 Å². The van der Waals surface area contributed by atoms with Crippen molar-refractivity contribution in [3.63, 3.8) is 0 Å². The molecule has 478 valence electrons. The van der Waals surface area contributed by atoms with E-state index in [0.717, 1.165) is 78.0 Å². The van der Waals surface area contributed by atoms with E-state index in [0.29, 0.717) is 5.92 Å². The fraction of sp³-hybridized carbons (Fsp3) is 0.0947. The van der Waals surface area contributed by atoms with Gasteiger partial charge in [-0.2, -0.15) is 0 Å². The first-order chi connectivity index (χ1) is 49.5. The molecule has 16 aromatic rings. The normalized spacial score (nSPS) is 15.8. The Morgan fingerprint density at radius 1 is 0.356 bits per heavy atom. The van der Waals surface area contributed by atoms with E-state index in [-0.39, 0.29) is 16.9 Å². The first-order valence-corrected chi connectivity index (χ1v) is 35.9. The molecule has 1 aliphatic heterocycles. The summed E-state index contributed by atoms with van der Waals surface area (Å²) >= 11 is 3.65. The third kappa shape index (κ3) is 9.14. The minimum Gasteiger partial charge on any atom is -0.333 e. The Balaban J connectivity index is 0.000000114. The van der Waals surface area contributed by atoms with E-state index in [4.69, 9.17) is 19.9 Å². The van der Waals surface area contributed by atoms with Crippen molar-refractivity contribution in [2.24, 2.45) is 0 Å². The van der Waals surface area contributed by atoms with Crippen molar-refractivity contribution < 1.29 is 0 Å². The number of benzene rings is 14. The monoisotopic (exact) mass is 1360 g/mol. The molecule has 2 unspecified atom stereocenters. The number of aromatic nitrogens is 4. The molecule has 5 nitrogen and oxygen atoms in total. The van der Waals surface area contributed by atoms with Crippen LogP contribution in [0.5, 0.6) is 0 Å². The molecule has 22 rings (SSSR count). The van der Waals surface area contributed by atoms with E-state index in [2.05, 4.69) is 309 Å². The van der Waals surface area contributed by atoms with Gasteiger partial charge in [-0.25, -0.2) is 19.9 Å². The lowest BCUT2D eigenvalue weighted by Crippen LogP contribution is -2.21. The van der Waals surface area contributed by atoms with E-state index in [1.165, 1.54) is 128 Å². The van der Waals surface area contributed by atoms with E-state index in [1.54, 1.807) is 0 Å². The molecule has 6 heteroatoms. The van der Waals surface area contributed by atoms with Gasteiger partial charge in [0.15, 0.2) is 11.6 Å². The number of nitrogens with zero attached hydrogens (tertiary/aromatic N) is 5. The van der Waals surface area contributed by atoms with Gasteiger partial charge in [0.05, 0.1) is 28.5 Å². The van der Waals surface area contributed by atoms with Crippen molar-refractivity contribution in [2.45, 2.75) is 56.9 Å². The van der Waals surface area contributed by atoms with Gasteiger partial charge in [0.1, 0.15) is 0 Å². The quantitative estimate of drug-likeness (QED) is 0.172. The Bertz CT molecular complexity index is 6210. The van der Waals surface area contributed by atoms with Crippen molar-refractivity contribution in [3.8, 4) is 67.5 Å². The van der Waals surface area contributed by atoms with Gasteiger partial charge in [-0.15, -0.1) is 0 Å². The van der Waals surface area contributed by atoms with E-state index in [1.807, 2.05) is 42.5 Å².